The zero-order chi connectivity index (χ0) is 23.4. The molecular weight excluding hydrogens is 654 g/mol. The number of carbonyl (C=O) groups excluding carboxylic acids is 3. The Hall–Kier alpha value is -1.60. The van der Waals surface area contributed by atoms with E-state index in [0.29, 0.717) is 24.0 Å². The molecule has 9 heteroatoms. The van der Waals surface area contributed by atoms with Gasteiger partial charge in [0.2, 0.25) is 5.91 Å². The number of anilines is 1. The minimum atomic E-state index is -0.485. The summed E-state index contributed by atoms with van der Waals surface area (Å²) in [6, 6.07) is 11.4. The maximum atomic E-state index is 12.9. The lowest BCUT2D eigenvalue weighted by atomic mass is 10.0. The summed E-state index contributed by atoms with van der Waals surface area (Å²) in [5.41, 5.74) is 2.51. The molecule has 2 aromatic rings. The van der Waals surface area contributed by atoms with Crippen molar-refractivity contribution in [2.45, 2.75) is 26.7 Å². The van der Waals surface area contributed by atoms with E-state index < -0.39 is 17.1 Å². The minimum Gasteiger partial charge on any atom is -0.492 e. The van der Waals surface area contributed by atoms with Crippen molar-refractivity contribution in [1.29, 1.82) is 0 Å². The van der Waals surface area contributed by atoms with Crippen molar-refractivity contribution < 1.29 is 19.1 Å². The minimum absolute atomic E-state index is 0.267. The summed E-state index contributed by atoms with van der Waals surface area (Å²) in [6.45, 7) is 6.22. The maximum Gasteiger partial charge on any atom is 0.294 e. The number of nitrogens with one attached hydrogen (secondary N) is 1. The highest BCUT2D eigenvalue weighted by Crippen LogP contribution is 2.36. The van der Waals surface area contributed by atoms with Crippen LogP contribution >= 0.6 is 56.9 Å². The number of imide groups is 1. The van der Waals surface area contributed by atoms with Crippen LogP contribution in [-0.2, 0) is 9.59 Å². The van der Waals surface area contributed by atoms with Gasteiger partial charge in [0.05, 0.1) is 15.1 Å². The number of rotatable bonds is 7. The fourth-order valence-corrected chi connectivity index (χ4v) is 5.93. The first-order valence-corrected chi connectivity index (χ1v) is 12.9. The molecular formula is C23H22I2N2O4S. The van der Waals surface area contributed by atoms with E-state index in [2.05, 4.69) is 64.3 Å². The molecule has 1 saturated heterocycles. The van der Waals surface area contributed by atoms with E-state index in [1.807, 2.05) is 43.3 Å². The molecule has 3 rings (SSSR count). The van der Waals surface area contributed by atoms with Crippen LogP contribution in [0.25, 0.3) is 6.08 Å². The number of benzene rings is 2. The normalized spacial score (nSPS) is 15.1. The molecule has 0 saturated carbocycles. The van der Waals surface area contributed by atoms with Gasteiger partial charge in [-0.2, -0.15) is 0 Å². The van der Waals surface area contributed by atoms with Crippen LogP contribution in [0.2, 0.25) is 0 Å². The molecule has 1 N–H and O–H groups in total. The molecule has 1 aliphatic heterocycles. The summed E-state index contributed by atoms with van der Waals surface area (Å²) >= 11 is 5.21. The second-order valence-corrected chi connectivity index (χ2v) is 10.7. The SMILES string of the molecule is CCOc1c(I)cc(I)cc1/C=C1/SC(=O)N(CC(=O)Nc2ccc(C(C)C)cc2)C1=O. The van der Waals surface area contributed by atoms with E-state index in [0.717, 1.165) is 34.9 Å². The molecule has 32 heavy (non-hydrogen) atoms. The Morgan fingerprint density at radius 1 is 1.19 bits per heavy atom. The number of hydrogen-bond donors (Lipinski definition) is 1. The van der Waals surface area contributed by atoms with Crippen LogP contribution in [0.5, 0.6) is 5.75 Å². The van der Waals surface area contributed by atoms with Crippen LogP contribution < -0.4 is 10.1 Å². The third-order valence-corrected chi connectivity index (χ3v) is 6.98. The second-order valence-electron chi connectivity index (χ2n) is 7.33. The lowest BCUT2D eigenvalue weighted by Crippen LogP contribution is -2.36. The third kappa shape index (κ3) is 6.04. The Kier molecular flexibility index (Phi) is 8.62. The van der Waals surface area contributed by atoms with Crippen LogP contribution in [0.1, 0.15) is 37.8 Å². The van der Waals surface area contributed by atoms with Gasteiger partial charge in [-0.3, -0.25) is 19.3 Å². The molecule has 0 aromatic heterocycles. The number of carbonyl (C=O) groups is 3. The highest BCUT2D eigenvalue weighted by atomic mass is 127. The van der Waals surface area contributed by atoms with Crippen molar-refractivity contribution in [3.05, 3.63) is 59.6 Å². The number of thioether (sulfide) groups is 1. The molecule has 0 aliphatic carbocycles. The second kappa shape index (κ2) is 11.0. The van der Waals surface area contributed by atoms with Gasteiger partial charge in [-0.15, -0.1) is 0 Å². The number of ether oxygens (including phenoxy) is 1. The quantitative estimate of drug-likeness (QED) is 0.284. The van der Waals surface area contributed by atoms with Crippen LogP contribution in [-0.4, -0.2) is 35.1 Å². The summed E-state index contributed by atoms with van der Waals surface area (Å²) in [4.78, 5) is 39.0. The van der Waals surface area contributed by atoms with E-state index in [1.54, 1.807) is 6.08 Å². The van der Waals surface area contributed by atoms with Crippen molar-refractivity contribution in [3.63, 3.8) is 0 Å². The molecule has 0 atom stereocenters. The Morgan fingerprint density at radius 3 is 2.50 bits per heavy atom. The Morgan fingerprint density at radius 2 is 1.88 bits per heavy atom. The lowest BCUT2D eigenvalue weighted by Gasteiger charge is -2.13. The van der Waals surface area contributed by atoms with Gasteiger partial charge in [0, 0.05) is 14.8 Å². The molecule has 1 aliphatic rings. The average molecular weight is 676 g/mol. The van der Waals surface area contributed by atoms with Crippen molar-refractivity contribution in [1.82, 2.24) is 4.90 Å². The summed E-state index contributed by atoms with van der Waals surface area (Å²) in [5, 5.41) is 2.28. The van der Waals surface area contributed by atoms with Crippen LogP contribution in [0.4, 0.5) is 10.5 Å². The fourth-order valence-electron chi connectivity index (χ4n) is 3.06. The van der Waals surface area contributed by atoms with E-state index in [-0.39, 0.29) is 11.4 Å². The zero-order valence-electron chi connectivity index (χ0n) is 17.8. The van der Waals surface area contributed by atoms with Crippen LogP contribution in [0, 0.1) is 7.14 Å². The first-order valence-electron chi connectivity index (χ1n) is 9.96. The highest BCUT2D eigenvalue weighted by Gasteiger charge is 2.36. The van der Waals surface area contributed by atoms with E-state index in [1.165, 1.54) is 0 Å². The van der Waals surface area contributed by atoms with Gasteiger partial charge in [-0.1, -0.05) is 26.0 Å². The summed E-state index contributed by atoms with van der Waals surface area (Å²) in [5.74, 6) is 0.149. The largest absolute Gasteiger partial charge is 0.492 e. The van der Waals surface area contributed by atoms with Crippen LogP contribution in [0.15, 0.2) is 41.3 Å². The van der Waals surface area contributed by atoms with Gasteiger partial charge in [0.1, 0.15) is 12.3 Å². The lowest BCUT2D eigenvalue weighted by molar-refractivity contribution is -0.127. The van der Waals surface area contributed by atoms with Crippen molar-refractivity contribution in [3.8, 4) is 5.75 Å². The monoisotopic (exact) mass is 676 g/mol. The average Bonchev–Trinajstić information content (AvgIpc) is 2.98. The topological polar surface area (TPSA) is 75.7 Å². The smallest absolute Gasteiger partial charge is 0.294 e. The molecule has 0 bridgehead atoms. The number of halogens is 2. The molecule has 2 aromatic carbocycles. The molecule has 0 unspecified atom stereocenters. The maximum absolute atomic E-state index is 12.9. The van der Waals surface area contributed by atoms with Crippen LogP contribution in [0.3, 0.4) is 0 Å². The molecule has 1 heterocycles. The predicted molar refractivity (Wildman–Crippen MR) is 145 cm³/mol. The first kappa shape index (κ1) is 25.0. The van der Waals surface area contributed by atoms with Gasteiger partial charge in [0.25, 0.3) is 11.1 Å². The molecule has 1 fully saturated rings. The third-order valence-electron chi connectivity index (χ3n) is 4.65. The predicted octanol–water partition coefficient (Wildman–Crippen LogP) is 6.09. The van der Waals surface area contributed by atoms with E-state index >= 15 is 0 Å². The Labute approximate surface area is 218 Å². The Bertz CT molecular complexity index is 1080. The van der Waals surface area contributed by atoms with Gasteiger partial charge < -0.3 is 10.1 Å². The summed E-state index contributed by atoms with van der Waals surface area (Å²) in [6.07, 6.45) is 1.66. The highest BCUT2D eigenvalue weighted by molar-refractivity contribution is 14.1. The molecule has 0 spiro atoms. The number of amides is 3. The van der Waals surface area contributed by atoms with Crippen molar-refractivity contribution >= 4 is 85.8 Å². The zero-order valence-corrected chi connectivity index (χ0v) is 22.9. The van der Waals surface area contributed by atoms with Gasteiger partial charge in [0.15, 0.2) is 0 Å². The molecule has 3 amide bonds. The van der Waals surface area contributed by atoms with Gasteiger partial charge in [-0.25, -0.2) is 0 Å². The first-order chi connectivity index (χ1) is 15.2. The standard InChI is InChI=1S/C23H22I2N2O4S/c1-4-31-21-15(9-16(24)11-18(21)25)10-19-22(29)27(23(30)32-19)12-20(28)26-17-7-5-14(6-8-17)13(2)3/h5-11,13H,4,12H2,1-3H3,(H,26,28)/b19-10+. The molecule has 0 radical (unpaired) electrons. The van der Waals surface area contributed by atoms with Gasteiger partial charge >= 0.3 is 0 Å². The number of nitrogens with zero attached hydrogens (tertiary/aromatic N) is 1. The van der Waals surface area contributed by atoms with E-state index in [9.17, 15) is 14.4 Å². The molecule has 6 nitrogen and oxygen atoms in total. The van der Waals surface area contributed by atoms with Crippen molar-refractivity contribution in [2.24, 2.45) is 0 Å². The summed E-state index contributed by atoms with van der Waals surface area (Å²) in [7, 11) is 0. The van der Waals surface area contributed by atoms with E-state index in [4.69, 9.17) is 4.74 Å². The van der Waals surface area contributed by atoms with Gasteiger partial charge in [-0.05, 0) is 106 Å². The Balaban J connectivity index is 1.74. The van der Waals surface area contributed by atoms with Crippen molar-refractivity contribution in [2.75, 3.05) is 18.5 Å². The molecule has 168 valence electrons. The number of hydrogen-bond acceptors (Lipinski definition) is 5. The summed E-state index contributed by atoms with van der Waals surface area (Å²) < 4.78 is 7.65. The fraction of sp³-hybridized carbons (Fsp3) is 0.261.